The number of hydrogen-bond donors (Lipinski definition) is 1. The Morgan fingerprint density at radius 2 is 2.11 bits per heavy atom. The number of nitroso groups, excluding NO2 is 1. The van der Waals surface area contributed by atoms with Gasteiger partial charge < -0.3 is 5.11 Å². The van der Waals surface area contributed by atoms with Crippen LogP contribution in [0.3, 0.4) is 0 Å². The summed E-state index contributed by atoms with van der Waals surface area (Å²) in [6.45, 7) is 3.88. The van der Waals surface area contributed by atoms with Gasteiger partial charge in [-0.2, -0.15) is 0 Å². The number of benzene rings is 1. The number of aliphatic hydroxyl groups excluding tert-OH is 1. The molecule has 0 bridgehead atoms. The minimum absolute atomic E-state index is 0.329. The Hall–Kier alpha value is -0.840. The second kappa shape index (κ2) is 5.27. The van der Waals surface area contributed by atoms with Gasteiger partial charge in [0.25, 0.3) is 0 Å². The van der Waals surface area contributed by atoms with E-state index in [1.807, 2.05) is 13.8 Å². The van der Waals surface area contributed by atoms with E-state index in [1.54, 1.807) is 18.2 Å². The maximum absolute atomic E-state index is 11.0. The van der Waals surface area contributed by atoms with E-state index in [0.29, 0.717) is 22.0 Å². The Labute approximate surface area is 122 Å². The lowest BCUT2D eigenvalue weighted by Gasteiger charge is -2.32. The molecule has 1 aromatic carbocycles. The molecule has 1 aromatic rings. The van der Waals surface area contributed by atoms with Crippen molar-refractivity contribution in [3.63, 3.8) is 0 Å². The van der Waals surface area contributed by atoms with E-state index in [1.165, 1.54) is 5.01 Å². The topological polar surface area (TPSA) is 52.9 Å². The van der Waals surface area contributed by atoms with Gasteiger partial charge in [0, 0.05) is 0 Å². The molecule has 1 aliphatic heterocycles. The SMILES string of the molecule is CC1(C)CCC(C(O)c2ccc(Cl)c(Cl)c2)N1N=O. The third-order valence-electron chi connectivity index (χ3n) is 3.72. The Morgan fingerprint density at radius 3 is 2.68 bits per heavy atom. The standard InChI is InChI=1S/C13H16Cl2N2O2/c1-13(2)6-5-11(17(13)16-19)12(18)8-3-4-9(14)10(15)7-8/h3-4,7,11-12,18H,5-6H2,1-2H3. The molecule has 2 atom stereocenters. The Kier molecular flexibility index (Phi) is 4.04. The van der Waals surface area contributed by atoms with E-state index < -0.39 is 6.10 Å². The van der Waals surface area contributed by atoms with Crippen LogP contribution in [0.15, 0.2) is 23.5 Å². The fourth-order valence-electron chi connectivity index (χ4n) is 2.57. The molecule has 104 valence electrons. The highest BCUT2D eigenvalue weighted by atomic mass is 35.5. The van der Waals surface area contributed by atoms with Crippen LogP contribution in [0.1, 0.15) is 38.4 Å². The quantitative estimate of drug-likeness (QED) is 0.860. The molecule has 1 heterocycles. The molecule has 4 nitrogen and oxygen atoms in total. The lowest BCUT2D eigenvalue weighted by molar-refractivity contribution is 0.0338. The van der Waals surface area contributed by atoms with E-state index in [-0.39, 0.29) is 11.6 Å². The molecule has 1 N–H and O–H groups in total. The highest BCUT2D eigenvalue weighted by Crippen LogP contribution is 2.40. The average Bonchev–Trinajstić information content (AvgIpc) is 2.66. The van der Waals surface area contributed by atoms with Gasteiger partial charge in [0.2, 0.25) is 0 Å². The summed E-state index contributed by atoms with van der Waals surface area (Å²) in [4.78, 5) is 11.0. The average molecular weight is 303 g/mol. The van der Waals surface area contributed by atoms with Crippen molar-refractivity contribution in [3.05, 3.63) is 38.7 Å². The monoisotopic (exact) mass is 302 g/mol. The Morgan fingerprint density at radius 1 is 1.42 bits per heavy atom. The van der Waals surface area contributed by atoms with Gasteiger partial charge >= 0.3 is 0 Å². The molecule has 0 aliphatic carbocycles. The lowest BCUT2D eigenvalue weighted by atomic mass is 10.0. The molecule has 6 heteroatoms. The number of aliphatic hydroxyl groups is 1. The van der Waals surface area contributed by atoms with Crippen molar-refractivity contribution in [1.82, 2.24) is 5.01 Å². The molecule has 1 aliphatic rings. The van der Waals surface area contributed by atoms with Gasteiger partial charge in [-0.05, 0) is 44.4 Å². The maximum atomic E-state index is 11.0. The minimum Gasteiger partial charge on any atom is -0.386 e. The van der Waals surface area contributed by atoms with Crippen molar-refractivity contribution in [2.24, 2.45) is 5.29 Å². The van der Waals surface area contributed by atoms with Gasteiger partial charge in [0.05, 0.1) is 26.9 Å². The Balaban J connectivity index is 2.26. The van der Waals surface area contributed by atoms with Crippen LogP contribution in [-0.4, -0.2) is 21.7 Å². The van der Waals surface area contributed by atoms with Crippen LogP contribution in [0, 0.1) is 4.91 Å². The molecular weight excluding hydrogens is 287 g/mol. The highest BCUT2D eigenvalue weighted by Gasteiger charge is 2.43. The fraction of sp³-hybridized carbons (Fsp3) is 0.538. The molecule has 19 heavy (non-hydrogen) atoms. The summed E-state index contributed by atoms with van der Waals surface area (Å²) in [7, 11) is 0. The first-order chi connectivity index (χ1) is 8.86. The van der Waals surface area contributed by atoms with Crippen LogP contribution in [0.5, 0.6) is 0 Å². The summed E-state index contributed by atoms with van der Waals surface area (Å²) in [5, 5.41) is 15.8. The van der Waals surface area contributed by atoms with Crippen molar-refractivity contribution < 1.29 is 5.11 Å². The molecule has 0 radical (unpaired) electrons. The van der Waals surface area contributed by atoms with Crippen LogP contribution < -0.4 is 0 Å². The molecule has 0 spiro atoms. The van der Waals surface area contributed by atoms with Gasteiger partial charge in [-0.3, -0.25) is 0 Å². The normalized spacial score (nSPS) is 23.4. The zero-order valence-corrected chi connectivity index (χ0v) is 12.3. The first-order valence-electron chi connectivity index (χ1n) is 6.12. The van der Waals surface area contributed by atoms with Crippen LogP contribution in [0.4, 0.5) is 0 Å². The van der Waals surface area contributed by atoms with Gasteiger partial charge in [-0.1, -0.05) is 29.3 Å². The largest absolute Gasteiger partial charge is 0.386 e. The van der Waals surface area contributed by atoms with E-state index >= 15 is 0 Å². The second-order valence-corrected chi connectivity index (χ2v) is 6.28. The van der Waals surface area contributed by atoms with Crippen LogP contribution in [0.25, 0.3) is 0 Å². The molecule has 0 aromatic heterocycles. The predicted molar refractivity (Wildman–Crippen MR) is 76.2 cm³/mol. The summed E-state index contributed by atoms with van der Waals surface area (Å²) in [6, 6.07) is 4.65. The molecule has 0 amide bonds. The fourth-order valence-corrected chi connectivity index (χ4v) is 2.87. The molecule has 2 unspecified atom stereocenters. The van der Waals surface area contributed by atoms with Crippen LogP contribution in [0.2, 0.25) is 10.0 Å². The molecule has 1 saturated heterocycles. The third kappa shape index (κ3) is 2.71. The zero-order valence-electron chi connectivity index (χ0n) is 10.8. The maximum Gasteiger partial charge on any atom is 0.101 e. The third-order valence-corrected chi connectivity index (χ3v) is 4.46. The van der Waals surface area contributed by atoms with Crippen molar-refractivity contribution in [1.29, 1.82) is 0 Å². The van der Waals surface area contributed by atoms with Gasteiger partial charge in [0.15, 0.2) is 0 Å². The number of rotatable bonds is 3. The highest BCUT2D eigenvalue weighted by molar-refractivity contribution is 6.42. The van der Waals surface area contributed by atoms with E-state index in [9.17, 15) is 10.0 Å². The summed E-state index contributed by atoms with van der Waals surface area (Å²) < 4.78 is 0. The predicted octanol–water partition coefficient (Wildman–Crippen LogP) is 3.95. The minimum atomic E-state index is -0.811. The van der Waals surface area contributed by atoms with E-state index in [0.717, 1.165) is 6.42 Å². The molecule has 1 fully saturated rings. The van der Waals surface area contributed by atoms with E-state index in [2.05, 4.69) is 5.29 Å². The van der Waals surface area contributed by atoms with Crippen molar-refractivity contribution >= 4 is 23.2 Å². The van der Waals surface area contributed by atoms with Crippen LogP contribution in [-0.2, 0) is 0 Å². The summed E-state index contributed by atoms with van der Waals surface area (Å²) in [5.74, 6) is 0. The number of halogens is 2. The van der Waals surface area contributed by atoms with Crippen LogP contribution >= 0.6 is 23.2 Å². The number of nitrogens with zero attached hydrogens (tertiary/aromatic N) is 2. The van der Waals surface area contributed by atoms with Crippen molar-refractivity contribution in [2.45, 2.75) is 44.4 Å². The summed E-state index contributed by atoms with van der Waals surface area (Å²) in [6.07, 6.45) is 0.705. The second-order valence-electron chi connectivity index (χ2n) is 5.46. The first kappa shape index (κ1) is 14.6. The molecule has 2 rings (SSSR count). The van der Waals surface area contributed by atoms with Gasteiger partial charge in [0.1, 0.15) is 6.10 Å². The van der Waals surface area contributed by atoms with Crippen molar-refractivity contribution in [3.8, 4) is 0 Å². The van der Waals surface area contributed by atoms with Gasteiger partial charge in [-0.25, -0.2) is 5.01 Å². The van der Waals surface area contributed by atoms with E-state index in [4.69, 9.17) is 23.2 Å². The summed E-state index contributed by atoms with van der Waals surface area (Å²) in [5.41, 5.74) is 0.314. The van der Waals surface area contributed by atoms with Crippen molar-refractivity contribution in [2.75, 3.05) is 0 Å². The molecule has 0 saturated carbocycles. The number of hydrogen-bond acceptors (Lipinski definition) is 3. The lowest BCUT2D eigenvalue weighted by Crippen LogP contribution is -2.41. The first-order valence-corrected chi connectivity index (χ1v) is 6.88. The summed E-state index contributed by atoms with van der Waals surface area (Å²) >= 11 is 11.8. The van der Waals surface area contributed by atoms with Gasteiger partial charge in [-0.15, -0.1) is 4.91 Å². The molecular formula is C13H16Cl2N2O2. The zero-order chi connectivity index (χ0) is 14.2. The smallest absolute Gasteiger partial charge is 0.101 e. The Bertz CT molecular complexity index is 494.